The van der Waals surface area contributed by atoms with Crippen molar-refractivity contribution in [2.24, 2.45) is 0 Å². The van der Waals surface area contributed by atoms with Gasteiger partial charge >= 0.3 is 0 Å². The Bertz CT molecular complexity index is 925. The number of carbonyl (C=O) groups excluding carboxylic acids is 4. The van der Waals surface area contributed by atoms with Crippen molar-refractivity contribution in [2.75, 3.05) is 18.5 Å². The van der Waals surface area contributed by atoms with E-state index in [-0.39, 0.29) is 41.8 Å². The minimum Gasteiger partial charge on any atom is -0.395 e. The van der Waals surface area contributed by atoms with Crippen LogP contribution in [0.2, 0.25) is 0 Å². The summed E-state index contributed by atoms with van der Waals surface area (Å²) < 4.78 is 14.4. The van der Waals surface area contributed by atoms with Crippen molar-refractivity contribution in [3.8, 4) is 0 Å². The molecule has 2 aliphatic rings. The summed E-state index contributed by atoms with van der Waals surface area (Å²) in [6.07, 6.45) is 1.77. The Kier molecular flexibility index (Phi) is 5.28. The average molecular weight is 389 g/mol. The summed E-state index contributed by atoms with van der Waals surface area (Å²) in [7, 11) is 0. The number of rotatable bonds is 5. The zero-order chi connectivity index (χ0) is 20.6. The maximum atomic E-state index is 14.4. The fourth-order valence-corrected chi connectivity index (χ4v) is 3.53. The minimum absolute atomic E-state index is 0.0661. The third kappa shape index (κ3) is 3.40. The lowest BCUT2D eigenvalue weighted by atomic mass is 9.83. The SMILES string of the molecule is CC(=O)NC1CCc2c(C)c(F)cc(NC3=CC(=O)N(CCO)C3=O)c2C1=O. The van der Waals surface area contributed by atoms with Gasteiger partial charge in [0.1, 0.15) is 11.5 Å². The van der Waals surface area contributed by atoms with Crippen LogP contribution in [0, 0.1) is 12.7 Å². The molecule has 3 rings (SSSR count). The van der Waals surface area contributed by atoms with E-state index in [2.05, 4.69) is 10.6 Å². The van der Waals surface area contributed by atoms with Crippen LogP contribution in [-0.2, 0) is 20.8 Å². The van der Waals surface area contributed by atoms with Gasteiger partial charge in [-0.05, 0) is 37.0 Å². The number of halogens is 1. The van der Waals surface area contributed by atoms with Gasteiger partial charge in [0, 0.05) is 18.6 Å². The highest BCUT2D eigenvalue weighted by Crippen LogP contribution is 2.34. The van der Waals surface area contributed by atoms with Crippen LogP contribution in [0.3, 0.4) is 0 Å². The Labute approximate surface area is 160 Å². The zero-order valence-electron chi connectivity index (χ0n) is 15.5. The highest BCUT2D eigenvalue weighted by atomic mass is 19.1. The molecule has 1 aromatic rings. The van der Waals surface area contributed by atoms with Crippen molar-refractivity contribution in [1.82, 2.24) is 10.2 Å². The minimum atomic E-state index is -0.740. The first-order chi connectivity index (χ1) is 13.2. The predicted octanol–water partition coefficient (Wildman–Crippen LogP) is 0.425. The number of nitrogens with one attached hydrogen (secondary N) is 2. The molecule has 148 valence electrons. The van der Waals surface area contributed by atoms with Crippen LogP contribution < -0.4 is 10.6 Å². The molecule has 1 aromatic carbocycles. The Balaban J connectivity index is 1.99. The Morgan fingerprint density at radius 3 is 2.71 bits per heavy atom. The van der Waals surface area contributed by atoms with Crippen LogP contribution in [0.1, 0.15) is 34.8 Å². The highest BCUT2D eigenvalue weighted by molar-refractivity contribution is 6.18. The van der Waals surface area contributed by atoms with Crippen molar-refractivity contribution >= 4 is 29.2 Å². The fourth-order valence-electron chi connectivity index (χ4n) is 3.53. The normalized spacial score (nSPS) is 18.9. The number of aliphatic hydroxyl groups excluding tert-OH is 1. The Morgan fingerprint density at radius 2 is 2.07 bits per heavy atom. The van der Waals surface area contributed by atoms with Gasteiger partial charge in [-0.25, -0.2) is 4.39 Å². The third-order valence-electron chi connectivity index (χ3n) is 4.88. The quantitative estimate of drug-likeness (QED) is 0.629. The van der Waals surface area contributed by atoms with E-state index in [4.69, 9.17) is 5.11 Å². The van der Waals surface area contributed by atoms with Crippen molar-refractivity contribution in [1.29, 1.82) is 0 Å². The van der Waals surface area contributed by atoms with Gasteiger partial charge < -0.3 is 15.7 Å². The van der Waals surface area contributed by atoms with Crippen LogP contribution in [0.25, 0.3) is 0 Å². The molecule has 3 N–H and O–H groups in total. The zero-order valence-corrected chi connectivity index (χ0v) is 15.5. The number of aliphatic hydroxyl groups is 1. The first kappa shape index (κ1) is 19.7. The van der Waals surface area contributed by atoms with Crippen LogP contribution in [0.5, 0.6) is 0 Å². The summed E-state index contributed by atoms with van der Waals surface area (Å²) in [5.41, 5.74) is 0.999. The van der Waals surface area contributed by atoms with E-state index in [0.717, 1.165) is 17.0 Å². The number of anilines is 1. The molecule has 0 saturated carbocycles. The van der Waals surface area contributed by atoms with Gasteiger partial charge in [0.15, 0.2) is 5.78 Å². The molecule has 0 radical (unpaired) electrons. The van der Waals surface area contributed by atoms with E-state index in [0.29, 0.717) is 24.0 Å². The molecular formula is C19H20FN3O5. The third-order valence-corrected chi connectivity index (χ3v) is 4.88. The molecule has 1 atom stereocenters. The number of hydrogen-bond donors (Lipinski definition) is 3. The van der Waals surface area contributed by atoms with Crippen molar-refractivity contribution in [3.63, 3.8) is 0 Å². The average Bonchev–Trinajstić information content (AvgIpc) is 2.88. The molecule has 0 aromatic heterocycles. The van der Waals surface area contributed by atoms with E-state index in [1.807, 2.05) is 0 Å². The molecule has 1 heterocycles. The van der Waals surface area contributed by atoms with Gasteiger partial charge in [-0.2, -0.15) is 0 Å². The molecule has 1 aliphatic heterocycles. The summed E-state index contributed by atoms with van der Waals surface area (Å²) in [5.74, 6) is -2.56. The standard InChI is InChI=1S/C19H20FN3O5/c1-9-11-3-4-13(21-10(2)25)18(27)17(11)14(7-12(9)20)22-15-8-16(26)23(5-6-24)19(15)28/h7-8,13,22,24H,3-6H2,1-2H3,(H,21,25). The maximum Gasteiger partial charge on any atom is 0.277 e. The fraction of sp³-hybridized carbons (Fsp3) is 0.368. The summed E-state index contributed by atoms with van der Waals surface area (Å²) >= 11 is 0. The molecular weight excluding hydrogens is 369 g/mol. The van der Waals surface area contributed by atoms with Crippen LogP contribution >= 0.6 is 0 Å². The summed E-state index contributed by atoms with van der Waals surface area (Å²) in [6.45, 7) is 2.32. The summed E-state index contributed by atoms with van der Waals surface area (Å²) in [4.78, 5) is 49.4. The van der Waals surface area contributed by atoms with Crippen LogP contribution in [-0.4, -0.2) is 52.7 Å². The van der Waals surface area contributed by atoms with E-state index in [9.17, 15) is 23.6 Å². The van der Waals surface area contributed by atoms with E-state index < -0.39 is 23.7 Å². The number of imide groups is 1. The molecule has 0 spiro atoms. The molecule has 0 saturated heterocycles. The molecule has 8 nitrogen and oxygen atoms in total. The first-order valence-corrected chi connectivity index (χ1v) is 8.83. The lowest BCUT2D eigenvalue weighted by Gasteiger charge is -2.27. The molecule has 3 amide bonds. The summed E-state index contributed by atoms with van der Waals surface area (Å²) in [5, 5.41) is 14.3. The van der Waals surface area contributed by atoms with Gasteiger partial charge in [-0.1, -0.05) is 0 Å². The number of β-amino-alcohol motifs (C(OH)–C–C–N with tert-alkyl or cyclic N) is 1. The van der Waals surface area contributed by atoms with Crippen molar-refractivity contribution in [2.45, 2.75) is 32.7 Å². The van der Waals surface area contributed by atoms with Gasteiger partial charge in [-0.3, -0.25) is 24.1 Å². The monoisotopic (exact) mass is 389 g/mol. The number of carbonyl (C=O) groups is 4. The largest absolute Gasteiger partial charge is 0.395 e. The van der Waals surface area contributed by atoms with Gasteiger partial charge in [0.2, 0.25) is 5.91 Å². The van der Waals surface area contributed by atoms with E-state index in [1.54, 1.807) is 6.92 Å². The van der Waals surface area contributed by atoms with Gasteiger partial charge in [0.25, 0.3) is 11.8 Å². The van der Waals surface area contributed by atoms with Gasteiger partial charge in [-0.15, -0.1) is 0 Å². The molecule has 9 heteroatoms. The number of hydrogen-bond acceptors (Lipinski definition) is 6. The predicted molar refractivity (Wildman–Crippen MR) is 96.9 cm³/mol. The van der Waals surface area contributed by atoms with E-state index >= 15 is 0 Å². The Hall–Kier alpha value is -3.07. The van der Waals surface area contributed by atoms with Crippen LogP contribution in [0.15, 0.2) is 17.8 Å². The second-order valence-electron chi connectivity index (χ2n) is 6.74. The number of amides is 3. The van der Waals surface area contributed by atoms with E-state index in [1.165, 1.54) is 6.92 Å². The molecule has 0 bridgehead atoms. The lowest BCUT2D eigenvalue weighted by molar-refractivity contribution is -0.137. The number of fused-ring (bicyclic) bond motifs is 1. The second kappa shape index (κ2) is 7.51. The maximum absolute atomic E-state index is 14.4. The Morgan fingerprint density at radius 1 is 1.36 bits per heavy atom. The van der Waals surface area contributed by atoms with Crippen molar-refractivity contribution < 1.29 is 28.7 Å². The number of nitrogens with zero attached hydrogens (tertiary/aromatic N) is 1. The van der Waals surface area contributed by atoms with Crippen molar-refractivity contribution in [3.05, 3.63) is 40.3 Å². The molecule has 1 aliphatic carbocycles. The molecule has 1 unspecified atom stereocenters. The summed E-state index contributed by atoms with van der Waals surface area (Å²) in [6, 6.07) is 0.367. The topological polar surface area (TPSA) is 116 Å². The first-order valence-electron chi connectivity index (χ1n) is 8.83. The van der Waals surface area contributed by atoms with Crippen LogP contribution in [0.4, 0.5) is 10.1 Å². The highest BCUT2D eigenvalue weighted by Gasteiger charge is 2.35. The smallest absolute Gasteiger partial charge is 0.277 e. The number of Topliss-reactive ketones (excluding diaryl/α,β-unsaturated/α-hetero) is 1. The van der Waals surface area contributed by atoms with Gasteiger partial charge in [0.05, 0.1) is 24.9 Å². The second-order valence-corrected chi connectivity index (χ2v) is 6.74. The molecule has 0 fully saturated rings. The number of ketones is 1. The molecule has 28 heavy (non-hydrogen) atoms. The number of benzene rings is 1. The lowest BCUT2D eigenvalue weighted by Crippen LogP contribution is -2.43.